The van der Waals surface area contributed by atoms with Crippen LogP contribution in [-0.2, 0) is 4.79 Å². The zero-order valence-corrected chi connectivity index (χ0v) is 9.05. The number of β-amino-alcohol motifs (C(OH)–C–C–N with tert-alkyl or cyclic N) is 1. The highest BCUT2D eigenvalue weighted by atomic mass is 16.3. The van der Waals surface area contributed by atoms with Crippen LogP contribution < -0.4 is 5.32 Å². The van der Waals surface area contributed by atoms with Gasteiger partial charge >= 0.3 is 0 Å². The Morgan fingerprint density at radius 2 is 2.14 bits per heavy atom. The minimum Gasteiger partial charge on any atom is -0.386 e. The summed E-state index contributed by atoms with van der Waals surface area (Å²) in [7, 11) is 0. The predicted octanol–water partition coefficient (Wildman–Crippen LogP) is -0.0307. The van der Waals surface area contributed by atoms with Gasteiger partial charge in [0.15, 0.2) is 0 Å². The van der Waals surface area contributed by atoms with Crippen LogP contribution in [0.3, 0.4) is 0 Å². The first-order valence-corrected chi connectivity index (χ1v) is 5.32. The van der Waals surface area contributed by atoms with Crippen LogP contribution in [0, 0.1) is 0 Å². The summed E-state index contributed by atoms with van der Waals surface area (Å²) in [5.74, 6) is 0.0904. The third-order valence-corrected chi connectivity index (χ3v) is 2.56. The first-order chi connectivity index (χ1) is 6.61. The van der Waals surface area contributed by atoms with E-state index in [0.717, 1.165) is 19.4 Å². The number of rotatable bonds is 5. The van der Waals surface area contributed by atoms with Crippen LogP contribution in [0.1, 0.15) is 26.7 Å². The third kappa shape index (κ3) is 2.69. The number of carbonyl (C=O) groups excluding carboxylic acids is 1. The fourth-order valence-corrected chi connectivity index (χ4v) is 1.81. The molecule has 0 unspecified atom stereocenters. The smallest absolute Gasteiger partial charge is 0.236 e. The summed E-state index contributed by atoms with van der Waals surface area (Å²) in [5, 5.41) is 12.8. The normalized spacial score (nSPS) is 19.2. The van der Waals surface area contributed by atoms with Gasteiger partial charge in [0.1, 0.15) is 0 Å². The van der Waals surface area contributed by atoms with Gasteiger partial charge in [-0.05, 0) is 13.0 Å². The lowest BCUT2D eigenvalue weighted by atomic mass is 9.89. The fourth-order valence-electron chi connectivity index (χ4n) is 1.81. The lowest BCUT2D eigenvalue weighted by Gasteiger charge is -2.46. The molecule has 14 heavy (non-hydrogen) atoms. The van der Waals surface area contributed by atoms with Crippen LogP contribution in [0.2, 0.25) is 0 Å². The number of amides is 1. The highest BCUT2D eigenvalue weighted by Crippen LogP contribution is 2.25. The summed E-state index contributed by atoms with van der Waals surface area (Å²) in [6, 6.07) is 0. The van der Waals surface area contributed by atoms with Crippen molar-refractivity contribution in [3.63, 3.8) is 0 Å². The van der Waals surface area contributed by atoms with Crippen molar-refractivity contribution in [2.45, 2.75) is 32.3 Å². The fraction of sp³-hybridized carbons (Fsp3) is 0.900. The minimum atomic E-state index is -0.601. The van der Waals surface area contributed by atoms with E-state index >= 15 is 0 Å². The molecule has 1 fully saturated rings. The molecule has 4 nitrogen and oxygen atoms in total. The maximum Gasteiger partial charge on any atom is 0.236 e. The largest absolute Gasteiger partial charge is 0.386 e. The van der Waals surface area contributed by atoms with Crippen molar-refractivity contribution in [2.24, 2.45) is 0 Å². The first-order valence-electron chi connectivity index (χ1n) is 5.32. The van der Waals surface area contributed by atoms with Crippen LogP contribution in [-0.4, -0.2) is 47.7 Å². The molecule has 0 aromatic heterocycles. The Bertz CT molecular complexity index is 200. The van der Waals surface area contributed by atoms with Gasteiger partial charge in [0.2, 0.25) is 5.91 Å². The molecule has 1 aliphatic heterocycles. The van der Waals surface area contributed by atoms with Gasteiger partial charge in [-0.1, -0.05) is 20.3 Å². The molecule has 1 saturated heterocycles. The van der Waals surface area contributed by atoms with E-state index in [2.05, 4.69) is 5.32 Å². The molecule has 0 aliphatic carbocycles. The molecule has 1 amide bonds. The molecule has 0 aromatic rings. The summed E-state index contributed by atoms with van der Waals surface area (Å²) in [5.41, 5.74) is -0.601. The van der Waals surface area contributed by atoms with E-state index in [1.54, 1.807) is 4.90 Å². The lowest BCUT2D eigenvalue weighted by Crippen LogP contribution is -2.64. The number of likely N-dealkylation sites (tertiary alicyclic amines) is 1. The van der Waals surface area contributed by atoms with E-state index in [0.29, 0.717) is 19.6 Å². The van der Waals surface area contributed by atoms with Crippen molar-refractivity contribution >= 4 is 5.91 Å². The van der Waals surface area contributed by atoms with Crippen molar-refractivity contribution in [3.8, 4) is 0 Å². The second kappa shape index (κ2) is 4.75. The predicted molar refractivity (Wildman–Crippen MR) is 55.0 cm³/mol. The van der Waals surface area contributed by atoms with Crippen molar-refractivity contribution < 1.29 is 9.90 Å². The highest BCUT2D eigenvalue weighted by Gasteiger charge is 2.42. The Morgan fingerprint density at radius 3 is 2.64 bits per heavy atom. The maximum absolute atomic E-state index is 11.4. The van der Waals surface area contributed by atoms with Gasteiger partial charge < -0.3 is 15.3 Å². The third-order valence-electron chi connectivity index (χ3n) is 2.56. The molecule has 2 N–H and O–H groups in total. The standard InChI is InChI=1S/C10H20N2O2/c1-3-5-10(14)7-12(8-10)9(13)6-11-4-2/h11,14H,3-8H2,1-2H3. The molecule has 0 atom stereocenters. The van der Waals surface area contributed by atoms with Crippen LogP contribution in [0.25, 0.3) is 0 Å². The molecular formula is C10H20N2O2. The monoisotopic (exact) mass is 200 g/mol. The molecule has 0 radical (unpaired) electrons. The Kier molecular flexibility index (Phi) is 3.89. The van der Waals surface area contributed by atoms with Crippen LogP contribution >= 0.6 is 0 Å². The molecule has 1 aliphatic rings. The van der Waals surface area contributed by atoms with E-state index in [-0.39, 0.29) is 5.91 Å². The molecule has 0 aromatic carbocycles. The number of hydrogen-bond donors (Lipinski definition) is 2. The number of nitrogens with one attached hydrogen (secondary N) is 1. The van der Waals surface area contributed by atoms with E-state index < -0.39 is 5.60 Å². The molecular weight excluding hydrogens is 180 g/mol. The minimum absolute atomic E-state index is 0.0904. The average Bonchev–Trinajstić information content (AvgIpc) is 2.10. The molecule has 1 rings (SSSR count). The van der Waals surface area contributed by atoms with Gasteiger partial charge in [0.25, 0.3) is 0 Å². The zero-order valence-electron chi connectivity index (χ0n) is 9.05. The molecule has 1 heterocycles. The van der Waals surface area contributed by atoms with Crippen molar-refractivity contribution in [2.75, 3.05) is 26.2 Å². The highest BCUT2D eigenvalue weighted by molar-refractivity contribution is 5.79. The van der Waals surface area contributed by atoms with Crippen molar-refractivity contribution in [1.29, 1.82) is 0 Å². The number of nitrogens with zero attached hydrogens (tertiary/aromatic N) is 1. The van der Waals surface area contributed by atoms with E-state index in [9.17, 15) is 9.90 Å². The van der Waals surface area contributed by atoms with Gasteiger partial charge in [-0.25, -0.2) is 0 Å². The summed E-state index contributed by atoms with van der Waals surface area (Å²) < 4.78 is 0. The van der Waals surface area contributed by atoms with Crippen LogP contribution in [0.5, 0.6) is 0 Å². The zero-order chi connectivity index (χ0) is 10.6. The second-order valence-corrected chi connectivity index (χ2v) is 4.00. The Hall–Kier alpha value is -0.610. The van der Waals surface area contributed by atoms with Crippen LogP contribution in [0.4, 0.5) is 0 Å². The van der Waals surface area contributed by atoms with Crippen LogP contribution in [0.15, 0.2) is 0 Å². The molecule has 0 spiro atoms. The number of likely N-dealkylation sites (N-methyl/N-ethyl adjacent to an activating group) is 1. The Balaban J connectivity index is 2.22. The van der Waals surface area contributed by atoms with Crippen molar-refractivity contribution in [3.05, 3.63) is 0 Å². The van der Waals surface area contributed by atoms with E-state index in [1.165, 1.54) is 0 Å². The van der Waals surface area contributed by atoms with Gasteiger partial charge in [-0.15, -0.1) is 0 Å². The molecule has 4 heteroatoms. The second-order valence-electron chi connectivity index (χ2n) is 4.00. The number of hydrogen-bond acceptors (Lipinski definition) is 3. The van der Waals surface area contributed by atoms with Gasteiger partial charge in [0.05, 0.1) is 25.2 Å². The molecule has 0 saturated carbocycles. The average molecular weight is 200 g/mol. The van der Waals surface area contributed by atoms with Crippen molar-refractivity contribution in [1.82, 2.24) is 10.2 Å². The lowest BCUT2D eigenvalue weighted by molar-refractivity contribution is -0.155. The summed E-state index contributed by atoms with van der Waals surface area (Å²) >= 11 is 0. The first kappa shape index (κ1) is 11.5. The van der Waals surface area contributed by atoms with Gasteiger partial charge in [-0.2, -0.15) is 0 Å². The summed E-state index contributed by atoms with van der Waals surface area (Å²) in [6.45, 7) is 6.21. The topological polar surface area (TPSA) is 52.6 Å². The summed E-state index contributed by atoms with van der Waals surface area (Å²) in [6.07, 6.45) is 1.75. The van der Waals surface area contributed by atoms with Gasteiger partial charge in [-0.3, -0.25) is 4.79 Å². The Labute approximate surface area is 85.3 Å². The van der Waals surface area contributed by atoms with E-state index in [4.69, 9.17) is 0 Å². The Morgan fingerprint density at radius 1 is 1.50 bits per heavy atom. The quantitative estimate of drug-likeness (QED) is 0.655. The number of aliphatic hydroxyl groups is 1. The van der Waals surface area contributed by atoms with E-state index in [1.807, 2.05) is 13.8 Å². The van der Waals surface area contributed by atoms with Gasteiger partial charge in [0, 0.05) is 0 Å². The number of carbonyl (C=O) groups is 1. The summed E-state index contributed by atoms with van der Waals surface area (Å²) in [4.78, 5) is 13.1. The maximum atomic E-state index is 11.4. The SMILES string of the molecule is CCCC1(O)CN(C(=O)CNCC)C1. The molecule has 0 bridgehead atoms. The molecule has 82 valence electrons.